The lowest BCUT2D eigenvalue weighted by molar-refractivity contribution is -0.147. The highest BCUT2D eigenvalue weighted by Gasteiger charge is 2.31. The van der Waals surface area contributed by atoms with Gasteiger partial charge in [-0.1, -0.05) is 0 Å². The van der Waals surface area contributed by atoms with E-state index in [0.717, 1.165) is 16.2 Å². The van der Waals surface area contributed by atoms with Gasteiger partial charge in [-0.2, -0.15) is 13.9 Å². The van der Waals surface area contributed by atoms with Crippen LogP contribution in [0.15, 0.2) is 35.4 Å². The number of halogens is 2. The third-order valence-electron chi connectivity index (χ3n) is 4.43. The summed E-state index contributed by atoms with van der Waals surface area (Å²) >= 11 is 1.34. The Bertz CT molecular complexity index is 848. The fourth-order valence-corrected chi connectivity index (χ4v) is 3.73. The first-order valence-corrected chi connectivity index (χ1v) is 9.11. The van der Waals surface area contributed by atoms with Crippen LogP contribution in [-0.2, 0) is 22.7 Å². The normalized spacial score (nSPS) is 15.9. The first-order chi connectivity index (χ1) is 13.0. The number of fused-ring (bicyclic) bond motifs is 1. The van der Waals surface area contributed by atoms with Crippen LogP contribution in [0.4, 0.5) is 8.78 Å². The second kappa shape index (κ2) is 7.18. The van der Waals surface area contributed by atoms with Crippen molar-refractivity contribution < 1.29 is 23.1 Å². The number of alkyl halides is 2. The van der Waals surface area contributed by atoms with Gasteiger partial charge in [0, 0.05) is 48.1 Å². The molecule has 0 saturated carbocycles. The summed E-state index contributed by atoms with van der Waals surface area (Å²) in [6, 6.07) is 6.30. The maximum absolute atomic E-state index is 12.3. The molecule has 0 N–H and O–H groups in total. The van der Waals surface area contributed by atoms with E-state index in [-0.39, 0.29) is 24.1 Å². The highest BCUT2D eigenvalue weighted by molar-refractivity contribution is 7.97. The van der Waals surface area contributed by atoms with Crippen molar-refractivity contribution in [1.29, 1.82) is 0 Å². The van der Waals surface area contributed by atoms with Crippen LogP contribution in [0.3, 0.4) is 0 Å². The molecule has 2 aromatic rings. The first-order valence-electron chi connectivity index (χ1n) is 8.34. The average Bonchev–Trinajstić information content (AvgIpc) is 3.18. The van der Waals surface area contributed by atoms with Gasteiger partial charge < -0.3 is 14.5 Å². The summed E-state index contributed by atoms with van der Waals surface area (Å²) < 4.78 is 30.4. The third-order valence-corrected chi connectivity index (χ3v) is 5.29. The molecule has 2 aliphatic heterocycles. The van der Waals surface area contributed by atoms with E-state index in [2.05, 4.69) is 9.84 Å². The zero-order valence-electron chi connectivity index (χ0n) is 14.2. The smallest absolute Gasteiger partial charge is 0.387 e. The quantitative estimate of drug-likeness (QED) is 0.702. The van der Waals surface area contributed by atoms with Gasteiger partial charge >= 0.3 is 6.61 Å². The van der Waals surface area contributed by atoms with Crippen molar-refractivity contribution >= 4 is 23.8 Å². The van der Waals surface area contributed by atoms with Gasteiger partial charge in [0.1, 0.15) is 5.75 Å². The van der Waals surface area contributed by atoms with Gasteiger partial charge in [0.2, 0.25) is 11.8 Å². The number of aromatic nitrogens is 2. The lowest BCUT2D eigenvalue weighted by Gasteiger charge is -2.31. The van der Waals surface area contributed by atoms with Crippen LogP contribution in [0, 0.1) is 0 Å². The van der Waals surface area contributed by atoms with Crippen LogP contribution < -0.4 is 4.74 Å². The van der Waals surface area contributed by atoms with Crippen molar-refractivity contribution in [3.8, 4) is 5.75 Å². The van der Waals surface area contributed by atoms with Gasteiger partial charge in [0.15, 0.2) is 0 Å². The molecule has 27 heavy (non-hydrogen) atoms. The van der Waals surface area contributed by atoms with Crippen LogP contribution in [0.5, 0.6) is 5.75 Å². The van der Waals surface area contributed by atoms with Gasteiger partial charge in [-0.05, 0) is 24.3 Å². The molecule has 3 heterocycles. The molecule has 1 aromatic carbocycles. The molecule has 1 fully saturated rings. The van der Waals surface area contributed by atoms with Crippen molar-refractivity contribution in [2.75, 3.05) is 13.1 Å². The molecule has 0 radical (unpaired) electrons. The van der Waals surface area contributed by atoms with E-state index in [4.69, 9.17) is 0 Å². The second-order valence-electron chi connectivity index (χ2n) is 6.26. The van der Waals surface area contributed by atoms with Crippen molar-refractivity contribution in [3.63, 3.8) is 0 Å². The van der Waals surface area contributed by atoms with Crippen LogP contribution in [0.2, 0.25) is 0 Å². The minimum Gasteiger partial charge on any atom is -0.435 e. The average molecular weight is 394 g/mol. The molecule has 2 amide bonds. The van der Waals surface area contributed by atoms with E-state index in [1.54, 1.807) is 26.0 Å². The van der Waals surface area contributed by atoms with Crippen molar-refractivity contribution in [2.24, 2.45) is 0 Å². The molecule has 4 rings (SSSR count). The Morgan fingerprint density at radius 1 is 1.26 bits per heavy atom. The number of β-lactam (4-membered cyclic amide) rings is 1. The Labute approximate surface area is 158 Å². The summed E-state index contributed by atoms with van der Waals surface area (Å²) in [5, 5.41) is 4.47. The zero-order valence-corrected chi connectivity index (χ0v) is 15.0. The van der Waals surface area contributed by atoms with E-state index in [0.29, 0.717) is 26.1 Å². The van der Waals surface area contributed by atoms with Crippen molar-refractivity contribution in [2.45, 2.75) is 31.0 Å². The summed E-state index contributed by atoms with van der Waals surface area (Å²) in [6.07, 6.45) is 2.37. The highest BCUT2D eigenvalue weighted by Crippen LogP contribution is 2.28. The Kier molecular flexibility index (Phi) is 4.73. The molecule has 142 valence electrons. The molecule has 0 aliphatic carbocycles. The first kappa shape index (κ1) is 17.8. The SMILES string of the molecule is O=C1CCN1CC(=O)N1Cc2cn(Sc3ccc(OC(F)F)cc3)nc2C1. The predicted molar refractivity (Wildman–Crippen MR) is 92.0 cm³/mol. The topological polar surface area (TPSA) is 67.7 Å². The Morgan fingerprint density at radius 3 is 2.63 bits per heavy atom. The number of benzene rings is 1. The molecular formula is C17H16F2N4O3S. The number of hydrogen-bond acceptors (Lipinski definition) is 5. The number of likely N-dealkylation sites (tertiary alicyclic amines) is 1. The Hall–Kier alpha value is -2.62. The molecular weight excluding hydrogens is 378 g/mol. The Morgan fingerprint density at radius 2 is 2.04 bits per heavy atom. The van der Waals surface area contributed by atoms with E-state index >= 15 is 0 Å². The van der Waals surface area contributed by atoms with Crippen LogP contribution in [-0.4, -0.2) is 50.5 Å². The Balaban J connectivity index is 1.33. The van der Waals surface area contributed by atoms with E-state index in [1.165, 1.54) is 24.1 Å². The van der Waals surface area contributed by atoms with E-state index < -0.39 is 6.61 Å². The molecule has 0 unspecified atom stereocenters. The lowest BCUT2D eigenvalue weighted by atomic mass is 10.2. The number of hydrogen-bond donors (Lipinski definition) is 0. The van der Waals surface area contributed by atoms with Crippen LogP contribution in [0.1, 0.15) is 17.7 Å². The molecule has 2 aliphatic rings. The minimum absolute atomic E-state index is 0.0202. The molecule has 10 heteroatoms. The number of ether oxygens (including phenoxy) is 1. The molecule has 7 nitrogen and oxygen atoms in total. The molecule has 0 atom stereocenters. The van der Waals surface area contributed by atoms with Gasteiger partial charge in [0.05, 0.1) is 18.8 Å². The molecule has 1 saturated heterocycles. The number of rotatable bonds is 6. The van der Waals surface area contributed by atoms with Gasteiger partial charge in [0.25, 0.3) is 0 Å². The molecule has 0 bridgehead atoms. The maximum Gasteiger partial charge on any atom is 0.387 e. The summed E-state index contributed by atoms with van der Waals surface area (Å²) in [4.78, 5) is 27.7. The van der Waals surface area contributed by atoms with Gasteiger partial charge in [-0.15, -0.1) is 0 Å². The minimum atomic E-state index is -2.84. The van der Waals surface area contributed by atoms with Gasteiger partial charge in [-0.3, -0.25) is 9.59 Å². The summed E-state index contributed by atoms with van der Waals surface area (Å²) in [5.41, 5.74) is 1.78. The monoisotopic (exact) mass is 394 g/mol. The highest BCUT2D eigenvalue weighted by atomic mass is 32.2. The molecule has 0 spiro atoms. The zero-order chi connectivity index (χ0) is 19.0. The van der Waals surface area contributed by atoms with Crippen molar-refractivity contribution in [1.82, 2.24) is 19.0 Å². The number of carbonyl (C=O) groups is 2. The van der Waals surface area contributed by atoms with E-state index in [9.17, 15) is 18.4 Å². The fourth-order valence-electron chi connectivity index (χ4n) is 2.93. The number of nitrogens with zero attached hydrogens (tertiary/aromatic N) is 4. The number of carbonyl (C=O) groups excluding carboxylic acids is 2. The summed E-state index contributed by atoms with van der Waals surface area (Å²) in [7, 11) is 0. The van der Waals surface area contributed by atoms with E-state index in [1.807, 2.05) is 6.20 Å². The van der Waals surface area contributed by atoms with Gasteiger partial charge in [-0.25, -0.2) is 4.09 Å². The second-order valence-corrected chi connectivity index (χ2v) is 7.29. The predicted octanol–water partition coefficient (Wildman–Crippen LogP) is 2.11. The standard InChI is InChI=1S/C17H16F2N4O3S/c18-17(19)26-12-1-3-13(4-2-12)27-23-8-11-7-22(9-14(11)20-23)16(25)10-21-6-5-15(21)24/h1-4,8,17H,5-7,9-10H2. The van der Waals surface area contributed by atoms with Crippen LogP contribution >= 0.6 is 11.9 Å². The number of amides is 2. The van der Waals surface area contributed by atoms with Crippen molar-refractivity contribution in [3.05, 3.63) is 41.7 Å². The molecule has 1 aromatic heterocycles. The van der Waals surface area contributed by atoms with Crippen LogP contribution in [0.25, 0.3) is 0 Å². The maximum atomic E-state index is 12.3. The third kappa shape index (κ3) is 3.90. The largest absolute Gasteiger partial charge is 0.435 e. The summed E-state index contributed by atoms with van der Waals surface area (Å²) in [5.74, 6) is 0.0499. The lowest BCUT2D eigenvalue weighted by Crippen LogP contribution is -2.48. The summed E-state index contributed by atoms with van der Waals surface area (Å²) in [6.45, 7) is -1.18. The fraction of sp³-hybridized carbons (Fsp3) is 0.353.